The quantitative estimate of drug-likeness (QED) is 0.885. The monoisotopic (exact) mass is 258 g/mol. The maximum atomic E-state index is 11.3. The minimum absolute atomic E-state index is 0.425. The number of benzene rings is 1. The molecule has 0 fully saturated rings. The number of methoxy groups -OCH3 is 1. The Morgan fingerprint density at radius 2 is 2.11 bits per heavy atom. The molecule has 1 aromatic carbocycles. The van der Waals surface area contributed by atoms with E-state index in [1.807, 2.05) is 19.1 Å². The third kappa shape index (κ3) is 2.47. The summed E-state index contributed by atoms with van der Waals surface area (Å²) in [6.45, 7) is 3.93. The molecule has 0 atom stereocenters. The van der Waals surface area contributed by atoms with E-state index in [1.54, 1.807) is 13.2 Å². The van der Waals surface area contributed by atoms with E-state index < -0.39 is 5.91 Å². The van der Waals surface area contributed by atoms with E-state index in [9.17, 15) is 4.79 Å². The van der Waals surface area contributed by atoms with Crippen molar-refractivity contribution in [2.24, 2.45) is 5.73 Å². The summed E-state index contributed by atoms with van der Waals surface area (Å²) in [7, 11) is 1.63. The Hall–Kier alpha value is -2.23. The van der Waals surface area contributed by atoms with Gasteiger partial charge in [0.05, 0.1) is 18.4 Å². The Balaban J connectivity index is 2.57. The molecule has 0 saturated carbocycles. The first-order valence-electron chi connectivity index (χ1n) is 6.23. The molecule has 0 aliphatic rings. The molecule has 4 nitrogen and oxygen atoms in total. The van der Waals surface area contributed by atoms with Crippen LogP contribution in [0.4, 0.5) is 0 Å². The molecular weight excluding hydrogens is 240 g/mol. The number of aryl methyl sites for hydroxylation is 2. The van der Waals surface area contributed by atoms with Gasteiger partial charge >= 0.3 is 0 Å². The van der Waals surface area contributed by atoms with E-state index in [1.165, 1.54) is 5.56 Å². The Kier molecular flexibility index (Phi) is 3.60. The van der Waals surface area contributed by atoms with Gasteiger partial charge in [-0.05, 0) is 37.1 Å². The van der Waals surface area contributed by atoms with Crippen molar-refractivity contribution in [3.8, 4) is 17.0 Å². The summed E-state index contributed by atoms with van der Waals surface area (Å²) in [4.78, 5) is 14.5. The maximum absolute atomic E-state index is 11.3. The minimum atomic E-state index is -0.425. The molecule has 19 heavy (non-hydrogen) atoms. The highest BCUT2D eigenvalue weighted by Gasteiger charge is 2.14. The van der Waals surface area contributed by atoms with Gasteiger partial charge in [-0.3, -0.25) is 4.79 Å². The summed E-state index contributed by atoms with van der Waals surface area (Å²) in [5.74, 6) is 0.347. The van der Waals surface area contributed by atoms with Gasteiger partial charge in [0.2, 0.25) is 0 Å². The van der Waals surface area contributed by atoms with Crippen LogP contribution < -0.4 is 10.5 Å². The van der Waals surface area contributed by atoms with E-state index in [-0.39, 0.29) is 0 Å². The first kappa shape index (κ1) is 13.2. The summed E-state index contributed by atoms with van der Waals surface area (Å²) in [6, 6.07) is 7.81. The zero-order valence-corrected chi connectivity index (χ0v) is 11.4. The van der Waals surface area contributed by atoms with Gasteiger partial charge in [0.1, 0.15) is 5.75 Å². The standard InChI is InChI=1S/C15H18N2O2/c1-4-10-5-6-14(19-3)12(7-10)13-8-11(15(16)18)9(2)17-13/h5-8,17H,4H2,1-3H3,(H2,16,18). The van der Waals surface area contributed by atoms with Crippen LogP contribution in [0.1, 0.15) is 28.5 Å². The molecule has 0 radical (unpaired) electrons. The molecule has 0 unspecified atom stereocenters. The number of carbonyl (C=O) groups excluding carboxylic acids is 1. The van der Waals surface area contributed by atoms with Gasteiger partial charge in [-0.15, -0.1) is 0 Å². The number of nitrogens with one attached hydrogen (secondary N) is 1. The second kappa shape index (κ2) is 5.18. The average molecular weight is 258 g/mol. The number of aromatic amines is 1. The number of hydrogen-bond donors (Lipinski definition) is 2. The Bertz CT molecular complexity index is 615. The Labute approximate surface area is 112 Å². The summed E-state index contributed by atoms with van der Waals surface area (Å²) in [6.07, 6.45) is 0.944. The molecule has 3 N–H and O–H groups in total. The normalized spacial score (nSPS) is 10.5. The SMILES string of the molecule is CCc1ccc(OC)c(-c2cc(C(N)=O)c(C)[nH]2)c1. The number of H-pyrrole nitrogens is 1. The maximum Gasteiger partial charge on any atom is 0.250 e. The fourth-order valence-corrected chi connectivity index (χ4v) is 2.14. The molecule has 100 valence electrons. The molecule has 2 rings (SSSR count). The van der Waals surface area contributed by atoms with Crippen molar-refractivity contribution in [3.05, 3.63) is 41.1 Å². The fourth-order valence-electron chi connectivity index (χ4n) is 2.14. The van der Waals surface area contributed by atoms with Crippen LogP contribution >= 0.6 is 0 Å². The number of aromatic nitrogens is 1. The number of ether oxygens (including phenoxy) is 1. The number of rotatable bonds is 4. The lowest BCUT2D eigenvalue weighted by atomic mass is 10.0. The largest absolute Gasteiger partial charge is 0.496 e. The van der Waals surface area contributed by atoms with Gasteiger partial charge in [-0.1, -0.05) is 13.0 Å². The van der Waals surface area contributed by atoms with Gasteiger partial charge in [-0.25, -0.2) is 0 Å². The van der Waals surface area contributed by atoms with Crippen molar-refractivity contribution >= 4 is 5.91 Å². The van der Waals surface area contributed by atoms with E-state index >= 15 is 0 Å². The minimum Gasteiger partial charge on any atom is -0.496 e. The molecule has 1 aromatic heterocycles. The van der Waals surface area contributed by atoms with Crippen LogP contribution in [-0.4, -0.2) is 18.0 Å². The predicted molar refractivity (Wildman–Crippen MR) is 75.4 cm³/mol. The van der Waals surface area contributed by atoms with Crippen molar-refractivity contribution in [2.75, 3.05) is 7.11 Å². The van der Waals surface area contributed by atoms with Crippen LogP contribution in [0.5, 0.6) is 5.75 Å². The lowest BCUT2D eigenvalue weighted by molar-refractivity contribution is 0.1000. The second-order valence-electron chi connectivity index (χ2n) is 4.47. The number of primary amides is 1. The van der Waals surface area contributed by atoms with Crippen molar-refractivity contribution in [1.29, 1.82) is 0 Å². The number of hydrogen-bond acceptors (Lipinski definition) is 2. The van der Waals surface area contributed by atoms with E-state index in [4.69, 9.17) is 10.5 Å². The van der Waals surface area contributed by atoms with Crippen molar-refractivity contribution in [3.63, 3.8) is 0 Å². The fraction of sp³-hybridized carbons (Fsp3) is 0.267. The first-order chi connectivity index (χ1) is 9.06. The highest BCUT2D eigenvalue weighted by molar-refractivity contribution is 5.95. The van der Waals surface area contributed by atoms with Gasteiger partial charge in [0.25, 0.3) is 5.91 Å². The summed E-state index contributed by atoms with van der Waals surface area (Å²) < 4.78 is 5.37. The Morgan fingerprint density at radius 3 is 2.63 bits per heavy atom. The molecular formula is C15H18N2O2. The zero-order valence-electron chi connectivity index (χ0n) is 11.4. The first-order valence-corrected chi connectivity index (χ1v) is 6.23. The van der Waals surface area contributed by atoms with E-state index in [0.29, 0.717) is 5.56 Å². The molecule has 0 bridgehead atoms. The summed E-state index contributed by atoms with van der Waals surface area (Å²) >= 11 is 0. The molecule has 0 aliphatic carbocycles. The molecule has 4 heteroatoms. The molecule has 0 saturated heterocycles. The predicted octanol–water partition coefficient (Wildman–Crippen LogP) is 2.66. The van der Waals surface area contributed by atoms with E-state index in [2.05, 4.69) is 18.0 Å². The Morgan fingerprint density at radius 1 is 1.37 bits per heavy atom. The highest BCUT2D eigenvalue weighted by atomic mass is 16.5. The van der Waals surface area contributed by atoms with Gasteiger partial charge in [-0.2, -0.15) is 0 Å². The molecule has 0 aliphatic heterocycles. The smallest absolute Gasteiger partial charge is 0.250 e. The van der Waals surface area contributed by atoms with Gasteiger partial charge in [0, 0.05) is 11.3 Å². The number of carbonyl (C=O) groups is 1. The van der Waals surface area contributed by atoms with Crippen LogP contribution in [0.15, 0.2) is 24.3 Å². The topological polar surface area (TPSA) is 68.1 Å². The highest BCUT2D eigenvalue weighted by Crippen LogP contribution is 2.31. The number of amides is 1. The van der Waals surface area contributed by atoms with Crippen molar-refractivity contribution in [1.82, 2.24) is 4.98 Å². The van der Waals surface area contributed by atoms with Crippen LogP contribution in [-0.2, 0) is 6.42 Å². The third-order valence-corrected chi connectivity index (χ3v) is 3.24. The average Bonchev–Trinajstić information content (AvgIpc) is 2.80. The number of nitrogens with two attached hydrogens (primary N) is 1. The van der Waals surface area contributed by atoms with E-state index in [0.717, 1.165) is 29.1 Å². The van der Waals surface area contributed by atoms with Crippen LogP contribution in [0.3, 0.4) is 0 Å². The van der Waals surface area contributed by atoms with Gasteiger partial charge < -0.3 is 15.5 Å². The molecule has 1 amide bonds. The van der Waals surface area contributed by atoms with Crippen molar-refractivity contribution < 1.29 is 9.53 Å². The summed E-state index contributed by atoms with van der Waals surface area (Å²) in [5, 5.41) is 0. The van der Waals surface area contributed by atoms with Crippen molar-refractivity contribution in [2.45, 2.75) is 20.3 Å². The van der Waals surface area contributed by atoms with Crippen LogP contribution in [0.25, 0.3) is 11.3 Å². The van der Waals surface area contributed by atoms with Gasteiger partial charge in [0.15, 0.2) is 0 Å². The zero-order chi connectivity index (χ0) is 14.0. The third-order valence-electron chi connectivity index (χ3n) is 3.24. The molecule has 0 spiro atoms. The molecule has 1 heterocycles. The van der Waals surface area contributed by atoms with Crippen LogP contribution in [0, 0.1) is 6.92 Å². The lowest BCUT2D eigenvalue weighted by Gasteiger charge is -2.08. The summed E-state index contributed by atoms with van der Waals surface area (Å²) in [5.41, 5.74) is 9.62. The van der Waals surface area contributed by atoms with Crippen LogP contribution in [0.2, 0.25) is 0 Å². The lowest BCUT2D eigenvalue weighted by Crippen LogP contribution is -2.10. The molecule has 2 aromatic rings. The second-order valence-corrected chi connectivity index (χ2v) is 4.47.